The number of hydrogen-bond donors (Lipinski definition) is 2. The monoisotopic (exact) mass is 408 g/mol. The number of carbonyl (C=O) groups excluding carboxylic acids is 2. The normalized spacial score (nSPS) is 10.9. The first-order valence-corrected chi connectivity index (χ1v) is 10.4. The van der Waals surface area contributed by atoms with Gasteiger partial charge in [0.2, 0.25) is 5.91 Å². The lowest BCUT2D eigenvalue weighted by Gasteiger charge is -2.09. The molecule has 3 aromatic rings. The van der Waals surface area contributed by atoms with Crippen LogP contribution in [0.4, 0.5) is 11.4 Å². The first-order valence-electron chi connectivity index (χ1n) is 8.91. The minimum absolute atomic E-state index is 0.154. The summed E-state index contributed by atoms with van der Waals surface area (Å²) in [7, 11) is -3.72. The highest BCUT2D eigenvalue weighted by molar-refractivity contribution is 7.92. The van der Waals surface area contributed by atoms with Crippen molar-refractivity contribution in [2.75, 3.05) is 10.0 Å². The van der Waals surface area contributed by atoms with E-state index in [1.807, 2.05) is 13.0 Å². The fraction of sp³-hybridized carbons (Fsp3) is 0.0909. The van der Waals surface area contributed by atoms with Crippen LogP contribution in [0.2, 0.25) is 0 Å². The first-order chi connectivity index (χ1) is 13.8. The molecule has 0 unspecified atom stereocenters. The second-order valence-corrected chi connectivity index (χ2v) is 8.19. The third kappa shape index (κ3) is 5.52. The Balaban J connectivity index is 1.62. The average molecular weight is 408 g/mol. The molecule has 0 saturated carbocycles. The van der Waals surface area contributed by atoms with E-state index in [0.29, 0.717) is 16.9 Å². The number of benzene rings is 3. The van der Waals surface area contributed by atoms with Gasteiger partial charge < -0.3 is 5.32 Å². The van der Waals surface area contributed by atoms with Gasteiger partial charge in [0.1, 0.15) is 0 Å². The molecule has 7 heteroatoms. The molecule has 0 aromatic heterocycles. The standard InChI is InChI=1S/C22H20N2O4S/c1-16-7-13-20(14-8-16)29(27,28)24-19-11-9-17(10-12-19)21(25)15-22(26)23-18-5-3-2-4-6-18/h2-14,24H,15H2,1H3,(H,23,26). The van der Waals surface area contributed by atoms with Crippen LogP contribution in [-0.2, 0) is 14.8 Å². The lowest BCUT2D eigenvalue weighted by Crippen LogP contribution is -2.16. The topological polar surface area (TPSA) is 92.3 Å². The van der Waals surface area contributed by atoms with Crippen LogP contribution < -0.4 is 10.0 Å². The van der Waals surface area contributed by atoms with Gasteiger partial charge >= 0.3 is 0 Å². The number of Topliss-reactive ketones (excluding diaryl/α,β-unsaturated/α-hetero) is 1. The molecule has 29 heavy (non-hydrogen) atoms. The highest BCUT2D eigenvalue weighted by Gasteiger charge is 2.15. The summed E-state index contributed by atoms with van der Waals surface area (Å²) in [6.45, 7) is 1.87. The second kappa shape index (κ2) is 8.70. The summed E-state index contributed by atoms with van der Waals surface area (Å²) in [5, 5.41) is 2.66. The van der Waals surface area contributed by atoms with Gasteiger partial charge in [-0.15, -0.1) is 0 Å². The average Bonchev–Trinajstić information content (AvgIpc) is 2.69. The van der Waals surface area contributed by atoms with Crippen molar-refractivity contribution in [1.82, 2.24) is 0 Å². The number of anilines is 2. The minimum Gasteiger partial charge on any atom is -0.326 e. The quantitative estimate of drug-likeness (QED) is 0.456. The largest absolute Gasteiger partial charge is 0.326 e. The van der Waals surface area contributed by atoms with Crippen LogP contribution in [0.15, 0.2) is 83.8 Å². The summed E-state index contributed by atoms with van der Waals surface area (Å²) in [6, 6.07) is 21.3. The van der Waals surface area contributed by atoms with Crippen LogP contribution in [0.25, 0.3) is 0 Å². The maximum absolute atomic E-state index is 12.4. The Morgan fingerprint density at radius 3 is 2.03 bits per heavy atom. The van der Waals surface area contributed by atoms with Crippen molar-refractivity contribution in [3.63, 3.8) is 0 Å². The van der Waals surface area contributed by atoms with Crippen LogP contribution in [0.3, 0.4) is 0 Å². The fourth-order valence-corrected chi connectivity index (χ4v) is 3.69. The van der Waals surface area contributed by atoms with Crippen molar-refractivity contribution in [3.8, 4) is 0 Å². The highest BCUT2D eigenvalue weighted by atomic mass is 32.2. The number of carbonyl (C=O) groups is 2. The maximum atomic E-state index is 12.4. The molecule has 1 amide bonds. The van der Waals surface area contributed by atoms with Crippen molar-refractivity contribution in [2.24, 2.45) is 0 Å². The zero-order chi connectivity index (χ0) is 20.9. The second-order valence-electron chi connectivity index (χ2n) is 6.51. The minimum atomic E-state index is -3.72. The van der Waals surface area contributed by atoms with Crippen LogP contribution in [0.5, 0.6) is 0 Å². The van der Waals surface area contributed by atoms with Crippen LogP contribution >= 0.6 is 0 Å². The summed E-state index contributed by atoms with van der Waals surface area (Å²) in [5.41, 5.74) is 2.23. The van der Waals surface area contributed by atoms with Crippen LogP contribution in [0, 0.1) is 6.92 Å². The molecule has 0 heterocycles. The first kappa shape index (κ1) is 20.3. The molecule has 3 rings (SSSR count). The van der Waals surface area contributed by atoms with Gasteiger partial charge in [0, 0.05) is 16.9 Å². The molecule has 148 valence electrons. The lowest BCUT2D eigenvalue weighted by atomic mass is 10.1. The maximum Gasteiger partial charge on any atom is 0.261 e. The van der Waals surface area contributed by atoms with E-state index in [9.17, 15) is 18.0 Å². The van der Waals surface area contributed by atoms with Gasteiger partial charge in [0.25, 0.3) is 10.0 Å². The molecule has 0 saturated heterocycles. The molecule has 0 spiro atoms. The number of nitrogens with one attached hydrogen (secondary N) is 2. The third-order valence-electron chi connectivity index (χ3n) is 4.17. The van der Waals surface area contributed by atoms with Gasteiger partial charge in [-0.05, 0) is 55.5 Å². The van der Waals surface area contributed by atoms with Crippen molar-refractivity contribution in [2.45, 2.75) is 18.2 Å². The van der Waals surface area contributed by atoms with E-state index in [-0.39, 0.29) is 17.1 Å². The third-order valence-corrected chi connectivity index (χ3v) is 5.57. The number of amides is 1. The molecule has 2 N–H and O–H groups in total. The van der Waals surface area contributed by atoms with Gasteiger partial charge in [0.05, 0.1) is 11.3 Å². The molecule has 0 aliphatic rings. The summed E-state index contributed by atoms with van der Waals surface area (Å²) >= 11 is 0. The fourth-order valence-electron chi connectivity index (χ4n) is 2.63. The Morgan fingerprint density at radius 2 is 1.41 bits per heavy atom. The van der Waals surface area contributed by atoms with Crippen LogP contribution in [-0.4, -0.2) is 20.1 Å². The van der Waals surface area contributed by atoms with Gasteiger partial charge in [-0.25, -0.2) is 8.42 Å². The van der Waals surface area contributed by atoms with E-state index >= 15 is 0 Å². The number of sulfonamides is 1. The Kier molecular flexibility index (Phi) is 6.09. The SMILES string of the molecule is Cc1ccc(S(=O)(=O)Nc2ccc(C(=O)CC(=O)Nc3ccccc3)cc2)cc1. The molecular formula is C22H20N2O4S. The van der Waals surface area contributed by atoms with Gasteiger partial charge in [-0.3, -0.25) is 14.3 Å². The zero-order valence-corrected chi connectivity index (χ0v) is 16.6. The van der Waals surface area contributed by atoms with Gasteiger partial charge in [-0.1, -0.05) is 35.9 Å². The number of aryl methyl sites for hydroxylation is 1. The molecule has 3 aromatic carbocycles. The number of ketones is 1. The molecule has 0 fully saturated rings. The number of rotatable bonds is 7. The summed E-state index contributed by atoms with van der Waals surface area (Å²) in [6.07, 6.45) is -0.302. The molecule has 6 nitrogen and oxygen atoms in total. The summed E-state index contributed by atoms with van der Waals surface area (Å²) in [4.78, 5) is 24.5. The Labute approximate surface area is 169 Å². The van der Waals surface area contributed by atoms with Crippen LogP contribution in [0.1, 0.15) is 22.3 Å². The van der Waals surface area contributed by atoms with E-state index in [2.05, 4.69) is 10.0 Å². The molecule has 0 bridgehead atoms. The lowest BCUT2D eigenvalue weighted by molar-refractivity contribution is -0.115. The Bertz CT molecular complexity index is 1110. The Hall–Kier alpha value is -3.45. The number of para-hydroxylation sites is 1. The number of hydrogen-bond acceptors (Lipinski definition) is 4. The van der Waals surface area contributed by atoms with Crippen molar-refractivity contribution in [3.05, 3.63) is 90.0 Å². The van der Waals surface area contributed by atoms with E-state index < -0.39 is 15.9 Å². The van der Waals surface area contributed by atoms with Crippen molar-refractivity contribution in [1.29, 1.82) is 0 Å². The van der Waals surface area contributed by atoms with Gasteiger partial charge in [-0.2, -0.15) is 0 Å². The Morgan fingerprint density at radius 1 is 0.793 bits per heavy atom. The molecular weight excluding hydrogens is 388 g/mol. The predicted octanol–water partition coefficient (Wildman–Crippen LogP) is 4.01. The summed E-state index contributed by atoms with van der Waals surface area (Å²) in [5.74, 6) is -0.767. The summed E-state index contributed by atoms with van der Waals surface area (Å²) < 4.78 is 27.3. The van der Waals surface area contributed by atoms with E-state index in [0.717, 1.165) is 5.56 Å². The molecule has 0 aliphatic heterocycles. The highest BCUT2D eigenvalue weighted by Crippen LogP contribution is 2.18. The predicted molar refractivity (Wildman–Crippen MR) is 112 cm³/mol. The molecule has 0 atom stereocenters. The smallest absolute Gasteiger partial charge is 0.261 e. The van der Waals surface area contributed by atoms with Crippen molar-refractivity contribution >= 4 is 33.1 Å². The zero-order valence-electron chi connectivity index (χ0n) is 15.8. The van der Waals surface area contributed by atoms with E-state index in [1.165, 1.54) is 36.4 Å². The van der Waals surface area contributed by atoms with Gasteiger partial charge in [0.15, 0.2) is 5.78 Å². The molecule has 0 radical (unpaired) electrons. The molecule has 0 aliphatic carbocycles. The van der Waals surface area contributed by atoms with E-state index in [4.69, 9.17) is 0 Å². The van der Waals surface area contributed by atoms with E-state index in [1.54, 1.807) is 36.4 Å². The van der Waals surface area contributed by atoms with Crippen molar-refractivity contribution < 1.29 is 18.0 Å².